The molecule has 1 saturated heterocycles. The van der Waals surface area contributed by atoms with Gasteiger partial charge in [0.05, 0.1) is 12.9 Å². The number of nitrogen functional groups attached to an aromatic ring is 1. The Morgan fingerprint density at radius 2 is 2.05 bits per heavy atom. The van der Waals surface area contributed by atoms with Crippen LogP contribution < -0.4 is 5.73 Å². The van der Waals surface area contributed by atoms with Crippen molar-refractivity contribution in [2.45, 2.75) is 24.5 Å². The lowest BCUT2D eigenvalue weighted by molar-refractivity contribution is -0.0511. The Morgan fingerprint density at radius 3 is 2.74 bits per heavy atom. The van der Waals surface area contributed by atoms with Crippen LogP contribution in [0.3, 0.4) is 0 Å². The summed E-state index contributed by atoms with van der Waals surface area (Å²) in [6.07, 6.45) is -1.42. The second-order valence-corrected chi connectivity index (χ2v) is 4.31. The molecule has 0 bridgehead atoms. The summed E-state index contributed by atoms with van der Waals surface area (Å²) in [5, 5.41) is 28.7. The van der Waals surface area contributed by atoms with Crippen molar-refractivity contribution in [3.63, 3.8) is 0 Å². The molecule has 1 aliphatic rings. The molecule has 0 aromatic carbocycles. The molecule has 0 saturated carbocycles. The summed E-state index contributed by atoms with van der Waals surface area (Å²) in [7, 11) is 0. The Balaban J connectivity index is 2.04. The van der Waals surface area contributed by atoms with Gasteiger partial charge in [-0.25, -0.2) is 15.0 Å². The van der Waals surface area contributed by atoms with Gasteiger partial charge in [0.25, 0.3) is 0 Å². The van der Waals surface area contributed by atoms with E-state index in [-0.39, 0.29) is 5.82 Å². The molecule has 0 amide bonds. The van der Waals surface area contributed by atoms with Crippen molar-refractivity contribution in [3.8, 4) is 0 Å². The zero-order chi connectivity index (χ0) is 13.6. The molecule has 0 aliphatic carbocycles. The molecule has 0 radical (unpaired) electrons. The summed E-state index contributed by atoms with van der Waals surface area (Å²) in [5.74, 6) is 0.218. The molecule has 19 heavy (non-hydrogen) atoms. The topological polar surface area (TPSA) is 140 Å². The Labute approximate surface area is 107 Å². The summed E-state index contributed by atoms with van der Waals surface area (Å²) in [4.78, 5) is 11.9. The van der Waals surface area contributed by atoms with Gasteiger partial charge in [-0.15, -0.1) is 0 Å². The first kappa shape index (κ1) is 12.2. The first-order valence-electron chi connectivity index (χ1n) is 5.69. The number of ether oxygens (including phenoxy) is 1. The van der Waals surface area contributed by atoms with Crippen LogP contribution in [0.4, 0.5) is 5.82 Å². The van der Waals surface area contributed by atoms with Gasteiger partial charge in [0.1, 0.15) is 30.2 Å². The van der Waals surface area contributed by atoms with Crippen LogP contribution in [0.1, 0.15) is 6.23 Å². The van der Waals surface area contributed by atoms with Crippen molar-refractivity contribution in [3.05, 3.63) is 12.7 Å². The van der Waals surface area contributed by atoms with Gasteiger partial charge in [-0.3, -0.25) is 4.57 Å². The Bertz CT molecular complexity index is 603. The fourth-order valence-electron chi connectivity index (χ4n) is 2.17. The van der Waals surface area contributed by atoms with Crippen LogP contribution in [0, 0.1) is 0 Å². The molecule has 4 atom stereocenters. The van der Waals surface area contributed by atoms with Crippen molar-refractivity contribution < 1.29 is 20.1 Å². The van der Waals surface area contributed by atoms with E-state index in [1.165, 1.54) is 17.2 Å². The smallest absolute Gasteiger partial charge is 0.167 e. The molecular formula is C10H13N5O4. The van der Waals surface area contributed by atoms with Crippen LogP contribution in [0.2, 0.25) is 0 Å². The number of hydrogen-bond acceptors (Lipinski definition) is 8. The first-order valence-corrected chi connectivity index (χ1v) is 5.69. The zero-order valence-electron chi connectivity index (χ0n) is 9.79. The second kappa shape index (κ2) is 4.38. The molecule has 0 spiro atoms. The third kappa shape index (κ3) is 1.75. The van der Waals surface area contributed by atoms with Crippen LogP contribution in [0.5, 0.6) is 0 Å². The lowest BCUT2D eigenvalue weighted by Gasteiger charge is -2.16. The monoisotopic (exact) mass is 267 g/mol. The minimum atomic E-state index is -1.19. The number of nitrogens with zero attached hydrogens (tertiary/aromatic N) is 4. The maximum Gasteiger partial charge on any atom is 0.167 e. The van der Waals surface area contributed by atoms with Crippen LogP contribution in [-0.4, -0.2) is 59.8 Å². The number of anilines is 1. The van der Waals surface area contributed by atoms with E-state index < -0.39 is 31.1 Å². The van der Waals surface area contributed by atoms with Crippen molar-refractivity contribution in [2.75, 3.05) is 12.3 Å². The Kier molecular flexibility index (Phi) is 2.82. The molecule has 1 aliphatic heterocycles. The zero-order valence-corrected chi connectivity index (χ0v) is 9.79. The molecule has 9 heteroatoms. The Morgan fingerprint density at radius 1 is 1.26 bits per heavy atom. The molecule has 3 heterocycles. The largest absolute Gasteiger partial charge is 0.394 e. The summed E-state index contributed by atoms with van der Waals surface area (Å²) in [6.45, 7) is -0.390. The lowest BCUT2D eigenvalue weighted by atomic mass is 10.1. The summed E-state index contributed by atoms with van der Waals surface area (Å²) >= 11 is 0. The summed E-state index contributed by atoms with van der Waals surface area (Å²) < 4.78 is 6.85. The number of rotatable bonds is 2. The average molecular weight is 267 g/mol. The minimum Gasteiger partial charge on any atom is -0.394 e. The van der Waals surface area contributed by atoms with Gasteiger partial charge < -0.3 is 25.8 Å². The van der Waals surface area contributed by atoms with E-state index in [2.05, 4.69) is 15.0 Å². The molecule has 2 aromatic rings. The SMILES string of the molecule is Nc1ncnc2c1ncn2[C@@H]1O[C@H](CO)C(O)[C@H]1O. The number of aromatic nitrogens is 4. The highest BCUT2D eigenvalue weighted by molar-refractivity contribution is 5.81. The van der Waals surface area contributed by atoms with Gasteiger partial charge in [-0.2, -0.15) is 0 Å². The van der Waals surface area contributed by atoms with Gasteiger partial charge in [-0.1, -0.05) is 0 Å². The predicted molar refractivity (Wildman–Crippen MR) is 62.7 cm³/mol. The number of aliphatic hydroxyl groups excluding tert-OH is 3. The maximum absolute atomic E-state index is 9.95. The normalized spacial score (nSPS) is 31.1. The fourth-order valence-corrected chi connectivity index (χ4v) is 2.17. The molecule has 1 unspecified atom stereocenters. The third-order valence-electron chi connectivity index (χ3n) is 3.18. The van der Waals surface area contributed by atoms with Gasteiger partial charge in [0.15, 0.2) is 17.7 Å². The third-order valence-corrected chi connectivity index (χ3v) is 3.18. The number of imidazole rings is 1. The van der Waals surface area contributed by atoms with Crippen molar-refractivity contribution in [1.29, 1.82) is 0 Å². The first-order chi connectivity index (χ1) is 9.13. The predicted octanol–water partition coefficient (Wildman–Crippen LogP) is -1.98. The van der Waals surface area contributed by atoms with Crippen molar-refractivity contribution in [1.82, 2.24) is 19.5 Å². The van der Waals surface area contributed by atoms with Crippen molar-refractivity contribution >= 4 is 17.0 Å². The highest BCUT2D eigenvalue weighted by Gasteiger charge is 2.43. The van der Waals surface area contributed by atoms with Gasteiger partial charge in [0, 0.05) is 0 Å². The van der Waals surface area contributed by atoms with Crippen LogP contribution in [0.25, 0.3) is 11.2 Å². The average Bonchev–Trinajstić information content (AvgIpc) is 2.94. The molecular weight excluding hydrogens is 254 g/mol. The quantitative estimate of drug-likeness (QED) is 0.491. The van der Waals surface area contributed by atoms with Gasteiger partial charge in [0.2, 0.25) is 0 Å². The maximum atomic E-state index is 9.95. The second-order valence-electron chi connectivity index (χ2n) is 4.31. The number of hydrogen-bond donors (Lipinski definition) is 4. The molecule has 2 aromatic heterocycles. The standard InChI is InChI=1S/C10H13N5O4/c11-8-5-9(13-2-12-8)15(3-14-5)10-7(18)6(17)4(1-16)19-10/h2-4,6-7,10,16-18H,1H2,(H2,11,12,13)/t4-,6?,7-,10-/m1/s1. The molecule has 5 N–H and O–H groups in total. The van der Waals surface area contributed by atoms with E-state index in [1.807, 2.05) is 0 Å². The van der Waals surface area contributed by atoms with Gasteiger partial charge >= 0.3 is 0 Å². The van der Waals surface area contributed by atoms with Crippen LogP contribution in [-0.2, 0) is 4.74 Å². The minimum absolute atomic E-state index is 0.218. The van der Waals surface area contributed by atoms with E-state index in [0.29, 0.717) is 11.2 Å². The number of aliphatic hydroxyl groups is 3. The molecule has 102 valence electrons. The number of fused-ring (bicyclic) bond motifs is 1. The van der Waals surface area contributed by atoms with E-state index in [9.17, 15) is 10.2 Å². The van der Waals surface area contributed by atoms with Crippen molar-refractivity contribution in [2.24, 2.45) is 0 Å². The molecule has 9 nitrogen and oxygen atoms in total. The van der Waals surface area contributed by atoms with E-state index in [4.69, 9.17) is 15.6 Å². The van der Waals surface area contributed by atoms with E-state index >= 15 is 0 Å². The van der Waals surface area contributed by atoms with Crippen LogP contribution >= 0.6 is 0 Å². The summed E-state index contributed by atoms with van der Waals surface area (Å²) in [5.41, 5.74) is 6.44. The van der Waals surface area contributed by atoms with E-state index in [1.54, 1.807) is 0 Å². The Hall–Kier alpha value is -1.81. The lowest BCUT2D eigenvalue weighted by Crippen LogP contribution is -2.33. The summed E-state index contributed by atoms with van der Waals surface area (Å²) in [6, 6.07) is 0. The van der Waals surface area contributed by atoms with E-state index in [0.717, 1.165) is 0 Å². The number of nitrogens with two attached hydrogens (primary N) is 1. The highest BCUT2D eigenvalue weighted by atomic mass is 16.6. The highest BCUT2D eigenvalue weighted by Crippen LogP contribution is 2.31. The van der Waals surface area contributed by atoms with Gasteiger partial charge in [-0.05, 0) is 0 Å². The van der Waals surface area contributed by atoms with Crippen LogP contribution in [0.15, 0.2) is 12.7 Å². The molecule has 3 rings (SSSR count). The molecule has 1 fully saturated rings. The fraction of sp³-hybridized carbons (Fsp3) is 0.500.